The van der Waals surface area contributed by atoms with Crippen LogP contribution in [0.1, 0.15) is 46.0 Å². The second-order valence-electron chi connectivity index (χ2n) is 8.21. The van der Waals surface area contributed by atoms with Crippen molar-refractivity contribution in [3.63, 3.8) is 0 Å². The van der Waals surface area contributed by atoms with Gasteiger partial charge >= 0.3 is 0 Å². The summed E-state index contributed by atoms with van der Waals surface area (Å²) >= 11 is 0. The molecule has 0 amide bonds. The van der Waals surface area contributed by atoms with E-state index in [2.05, 4.69) is 37.0 Å². The van der Waals surface area contributed by atoms with Crippen molar-refractivity contribution >= 4 is 10.0 Å². The summed E-state index contributed by atoms with van der Waals surface area (Å²) in [5.74, 6) is 2.20. The van der Waals surface area contributed by atoms with E-state index in [1.807, 2.05) is 0 Å². The number of allylic oxidation sites excluding steroid dienone is 4. The first-order chi connectivity index (χ1) is 13.9. The van der Waals surface area contributed by atoms with E-state index in [0.29, 0.717) is 25.0 Å². The molecule has 7 heteroatoms. The van der Waals surface area contributed by atoms with E-state index in [1.165, 1.54) is 11.8 Å². The summed E-state index contributed by atoms with van der Waals surface area (Å²) in [7, 11) is -3.07. The molecule has 0 aromatic carbocycles. The Balaban J connectivity index is 1.50. The Hall–Kier alpha value is -1.57. The van der Waals surface area contributed by atoms with Crippen LogP contribution in [0.3, 0.4) is 0 Å². The Morgan fingerprint density at radius 3 is 2.66 bits per heavy atom. The van der Waals surface area contributed by atoms with Gasteiger partial charge in [-0.3, -0.25) is 0 Å². The van der Waals surface area contributed by atoms with Gasteiger partial charge in [-0.25, -0.2) is 12.7 Å². The highest BCUT2D eigenvalue weighted by Gasteiger charge is 2.27. The lowest BCUT2D eigenvalue weighted by Gasteiger charge is -2.36. The fraction of sp³-hybridized carbons (Fsp3) is 0.636. The normalized spacial score (nSPS) is 22.4. The highest BCUT2D eigenvalue weighted by atomic mass is 32.2. The van der Waals surface area contributed by atoms with E-state index in [0.717, 1.165) is 56.7 Å². The van der Waals surface area contributed by atoms with Crippen LogP contribution in [0, 0.1) is 5.92 Å². The predicted octanol–water partition coefficient (Wildman–Crippen LogP) is 3.76. The van der Waals surface area contributed by atoms with Crippen molar-refractivity contribution in [2.75, 3.05) is 32.4 Å². The molecule has 29 heavy (non-hydrogen) atoms. The Kier molecular flexibility index (Phi) is 7.60. The maximum absolute atomic E-state index is 11.7. The molecule has 0 saturated carbocycles. The quantitative estimate of drug-likeness (QED) is 0.596. The molecular weight excluding hydrogens is 388 g/mol. The van der Waals surface area contributed by atoms with Gasteiger partial charge in [-0.05, 0) is 50.6 Å². The van der Waals surface area contributed by atoms with Crippen LogP contribution < -0.4 is 0 Å². The second-order valence-corrected chi connectivity index (χ2v) is 10.2. The number of rotatable bonds is 8. The second kappa shape index (κ2) is 9.96. The van der Waals surface area contributed by atoms with Crippen LogP contribution in [-0.4, -0.2) is 56.1 Å². The monoisotopic (exact) mass is 422 g/mol. The third-order valence-electron chi connectivity index (χ3n) is 6.01. The number of ether oxygens (including phenoxy) is 2. The minimum Gasteiger partial charge on any atom is -0.465 e. The Labute approximate surface area is 175 Å². The number of hydrogen-bond acceptors (Lipinski definition) is 5. The average Bonchev–Trinajstić information content (AvgIpc) is 2.72. The van der Waals surface area contributed by atoms with Gasteiger partial charge in [0.15, 0.2) is 5.76 Å². The molecule has 0 bridgehead atoms. The van der Waals surface area contributed by atoms with Crippen molar-refractivity contribution < 1.29 is 17.9 Å². The molecule has 1 saturated heterocycles. The highest BCUT2D eigenvalue weighted by molar-refractivity contribution is 7.88. The number of sulfonamides is 1. The van der Waals surface area contributed by atoms with Gasteiger partial charge in [0.1, 0.15) is 18.3 Å². The topological polar surface area (TPSA) is 59.1 Å². The van der Waals surface area contributed by atoms with Crippen molar-refractivity contribution in [3.8, 4) is 0 Å². The molecule has 1 fully saturated rings. The van der Waals surface area contributed by atoms with Crippen molar-refractivity contribution in [1.82, 2.24) is 9.21 Å². The molecule has 3 aliphatic rings. The maximum atomic E-state index is 11.7. The van der Waals surface area contributed by atoms with Crippen LogP contribution in [0.2, 0.25) is 0 Å². The van der Waals surface area contributed by atoms with E-state index >= 15 is 0 Å². The van der Waals surface area contributed by atoms with Crippen LogP contribution in [0.15, 0.2) is 47.8 Å². The summed E-state index contributed by atoms with van der Waals surface area (Å²) in [6.45, 7) is 7.62. The molecule has 2 heterocycles. The zero-order chi connectivity index (χ0) is 20.9. The van der Waals surface area contributed by atoms with Gasteiger partial charge in [-0.15, -0.1) is 0 Å². The molecule has 1 atom stereocenters. The summed E-state index contributed by atoms with van der Waals surface area (Å²) < 4.78 is 36.7. The van der Waals surface area contributed by atoms with E-state index in [-0.39, 0.29) is 0 Å². The molecule has 162 valence electrons. The first-order valence-corrected chi connectivity index (χ1v) is 12.5. The number of piperidine rings is 1. The fourth-order valence-electron chi connectivity index (χ4n) is 4.20. The molecule has 0 spiro atoms. The molecule has 0 radical (unpaired) electrons. The summed E-state index contributed by atoms with van der Waals surface area (Å²) in [6.07, 6.45) is 15.7. The van der Waals surface area contributed by atoms with Crippen molar-refractivity contribution in [3.05, 3.63) is 47.8 Å². The van der Waals surface area contributed by atoms with E-state index < -0.39 is 10.0 Å². The summed E-state index contributed by atoms with van der Waals surface area (Å²) in [5.41, 5.74) is 1.18. The third kappa shape index (κ3) is 6.20. The molecule has 0 N–H and O–H groups in total. The zero-order valence-electron chi connectivity index (χ0n) is 17.8. The molecule has 6 nitrogen and oxygen atoms in total. The minimum atomic E-state index is -3.07. The lowest BCUT2D eigenvalue weighted by Crippen LogP contribution is -2.43. The standard InChI is InChI=1S/C22H34N2O4S/c1-4-23(15-19-10-12-24(13-11-19)29(3,25)26)18(2)14-21-16-27-17-22(28-21)20-8-6-5-7-9-20/h5-6,8,16-19H,4,7,9-15H2,1-3H3. The Bertz CT molecular complexity index is 790. The van der Waals surface area contributed by atoms with Gasteiger partial charge < -0.3 is 14.4 Å². The molecule has 0 aromatic heterocycles. The summed E-state index contributed by atoms with van der Waals surface area (Å²) in [4.78, 5) is 2.46. The van der Waals surface area contributed by atoms with Gasteiger partial charge in [0.2, 0.25) is 10.0 Å². The Morgan fingerprint density at radius 2 is 2.03 bits per heavy atom. The van der Waals surface area contributed by atoms with Crippen LogP contribution in [0.4, 0.5) is 0 Å². The van der Waals surface area contributed by atoms with Gasteiger partial charge in [0.05, 0.1) is 6.26 Å². The van der Waals surface area contributed by atoms with Crippen LogP contribution >= 0.6 is 0 Å². The van der Waals surface area contributed by atoms with E-state index in [9.17, 15) is 8.42 Å². The smallest absolute Gasteiger partial charge is 0.211 e. The highest BCUT2D eigenvalue weighted by Crippen LogP contribution is 2.29. The number of nitrogens with zero attached hydrogens (tertiary/aromatic N) is 2. The van der Waals surface area contributed by atoms with Gasteiger partial charge in [-0.2, -0.15) is 0 Å². The van der Waals surface area contributed by atoms with Crippen LogP contribution in [0.5, 0.6) is 0 Å². The van der Waals surface area contributed by atoms with E-state index in [1.54, 1.807) is 16.8 Å². The first-order valence-electron chi connectivity index (χ1n) is 10.6. The van der Waals surface area contributed by atoms with Crippen LogP contribution in [0.25, 0.3) is 0 Å². The molecular formula is C22H34N2O4S. The van der Waals surface area contributed by atoms with Gasteiger partial charge in [-0.1, -0.05) is 25.2 Å². The molecule has 2 aliphatic heterocycles. The summed E-state index contributed by atoms with van der Waals surface area (Å²) in [6, 6.07) is 0.322. The molecule has 0 aromatic rings. The molecule has 3 rings (SSSR count). The first kappa shape index (κ1) is 22.1. The lowest BCUT2D eigenvalue weighted by molar-refractivity contribution is 0.135. The van der Waals surface area contributed by atoms with Crippen molar-refractivity contribution in [2.45, 2.75) is 52.0 Å². The average molecular weight is 423 g/mol. The molecule has 1 aliphatic carbocycles. The Morgan fingerprint density at radius 1 is 1.28 bits per heavy atom. The zero-order valence-corrected chi connectivity index (χ0v) is 18.7. The largest absolute Gasteiger partial charge is 0.465 e. The minimum absolute atomic E-state index is 0.322. The van der Waals surface area contributed by atoms with Crippen molar-refractivity contribution in [1.29, 1.82) is 0 Å². The third-order valence-corrected chi connectivity index (χ3v) is 7.31. The van der Waals surface area contributed by atoms with Gasteiger partial charge in [0, 0.05) is 32.1 Å². The SMILES string of the molecule is CCN(CC1CCN(S(C)(=O)=O)CC1)C(C)CC1=COC=C(C2=CC=CCC2)O1. The fourth-order valence-corrected chi connectivity index (χ4v) is 5.07. The molecule has 1 unspecified atom stereocenters. The number of hydrogen-bond donors (Lipinski definition) is 0. The lowest BCUT2D eigenvalue weighted by atomic mass is 9.96. The summed E-state index contributed by atoms with van der Waals surface area (Å²) in [5, 5.41) is 0. The maximum Gasteiger partial charge on any atom is 0.211 e. The van der Waals surface area contributed by atoms with Crippen LogP contribution in [-0.2, 0) is 19.5 Å². The van der Waals surface area contributed by atoms with Crippen molar-refractivity contribution in [2.24, 2.45) is 5.92 Å². The van der Waals surface area contributed by atoms with E-state index in [4.69, 9.17) is 9.47 Å². The van der Waals surface area contributed by atoms with Gasteiger partial charge in [0.25, 0.3) is 0 Å². The predicted molar refractivity (Wildman–Crippen MR) is 115 cm³/mol.